The van der Waals surface area contributed by atoms with Gasteiger partial charge in [0, 0.05) is 27.8 Å². The molecule has 1 aromatic carbocycles. The highest BCUT2D eigenvalue weighted by molar-refractivity contribution is 9.10. The van der Waals surface area contributed by atoms with Gasteiger partial charge in [0.25, 0.3) is 0 Å². The molecule has 110 valence electrons. The van der Waals surface area contributed by atoms with Gasteiger partial charge in [-0.05, 0) is 38.5 Å². The molecule has 1 N–H and O–H groups in total. The molecule has 21 heavy (non-hydrogen) atoms. The van der Waals surface area contributed by atoms with Gasteiger partial charge in [-0.25, -0.2) is 9.97 Å². The van der Waals surface area contributed by atoms with Crippen LogP contribution in [-0.4, -0.2) is 21.0 Å². The van der Waals surface area contributed by atoms with Gasteiger partial charge < -0.3 is 5.11 Å². The minimum atomic E-state index is -0.856. The topological polar surface area (TPSA) is 63.1 Å². The second kappa shape index (κ2) is 6.35. The van der Waals surface area contributed by atoms with Crippen molar-refractivity contribution >= 4 is 21.9 Å². The van der Waals surface area contributed by atoms with E-state index in [-0.39, 0.29) is 0 Å². The van der Waals surface area contributed by atoms with Crippen molar-refractivity contribution in [3.05, 3.63) is 57.1 Å². The Balaban J connectivity index is 2.31. The first-order valence-electron chi connectivity index (χ1n) is 6.69. The normalized spacial score (nSPS) is 12.2. The fraction of sp³-hybridized carbons (Fsp3) is 0.312. The Morgan fingerprint density at radius 1 is 1.19 bits per heavy atom. The Hall–Kier alpha value is -1.75. The molecule has 0 radical (unpaired) electrons. The first kappa shape index (κ1) is 15.6. The van der Waals surface area contributed by atoms with E-state index in [0.29, 0.717) is 17.8 Å². The van der Waals surface area contributed by atoms with E-state index in [9.17, 15) is 4.79 Å². The van der Waals surface area contributed by atoms with Crippen LogP contribution < -0.4 is 0 Å². The number of aliphatic carboxylic acids is 1. The summed E-state index contributed by atoms with van der Waals surface area (Å²) in [6.45, 7) is 5.35. The summed E-state index contributed by atoms with van der Waals surface area (Å²) in [6, 6.07) is 8.00. The zero-order chi connectivity index (χ0) is 15.6. The van der Waals surface area contributed by atoms with Crippen molar-refractivity contribution in [1.29, 1.82) is 0 Å². The van der Waals surface area contributed by atoms with Crippen LogP contribution in [0.3, 0.4) is 0 Å². The van der Waals surface area contributed by atoms with Crippen molar-refractivity contribution in [1.82, 2.24) is 9.97 Å². The van der Waals surface area contributed by atoms with Crippen molar-refractivity contribution in [2.75, 3.05) is 0 Å². The summed E-state index contributed by atoms with van der Waals surface area (Å²) < 4.78 is 1.03. The van der Waals surface area contributed by atoms with Gasteiger partial charge in [-0.1, -0.05) is 28.1 Å². The molecule has 0 amide bonds. The van der Waals surface area contributed by atoms with Crippen molar-refractivity contribution in [3.8, 4) is 0 Å². The van der Waals surface area contributed by atoms with Crippen LogP contribution in [0, 0.1) is 13.8 Å². The number of benzene rings is 1. The first-order chi connectivity index (χ1) is 9.88. The van der Waals surface area contributed by atoms with Crippen LogP contribution in [0.25, 0.3) is 0 Å². The Labute approximate surface area is 132 Å². The molecule has 2 aromatic rings. The third-order valence-electron chi connectivity index (χ3n) is 3.45. The average molecular weight is 349 g/mol. The maximum atomic E-state index is 11.2. The molecule has 1 heterocycles. The van der Waals surface area contributed by atoms with Gasteiger partial charge in [0.05, 0.1) is 5.92 Å². The highest BCUT2D eigenvalue weighted by atomic mass is 79.9. The molecule has 0 bridgehead atoms. The van der Waals surface area contributed by atoms with Crippen molar-refractivity contribution in [2.24, 2.45) is 0 Å². The molecule has 0 saturated carbocycles. The van der Waals surface area contributed by atoms with Gasteiger partial charge >= 0.3 is 5.97 Å². The van der Waals surface area contributed by atoms with Crippen LogP contribution in [0.5, 0.6) is 0 Å². The van der Waals surface area contributed by atoms with E-state index >= 15 is 0 Å². The summed E-state index contributed by atoms with van der Waals surface area (Å²) >= 11 is 3.41. The zero-order valence-electron chi connectivity index (χ0n) is 12.2. The van der Waals surface area contributed by atoms with Crippen LogP contribution in [0.1, 0.15) is 41.2 Å². The molecule has 4 nitrogen and oxygen atoms in total. The largest absolute Gasteiger partial charge is 0.481 e. The minimum absolute atomic E-state index is 0.591. The third-order valence-corrected chi connectivity index (χ3v) is 3.98. The van der Waals surface area contributed by atoms with Gasteiger partial charge in [-0.15, -0.1) is 0 Å². The number of nitrogens with zero attached hydrogens (tertiary/aromatic N) is 2. The Bertz CT molecular complexity index is 645. The molecule has 1 unspecified atom stereocenters. The van der Waals surface area contributed by atoms with Crippen LogP contribution >= 0.6 is 15.9 Å². The van der Waals surface area contributed by atoms with Gasteiger partial charge in [0.15, 0.2) is 0 Å². The van der Waals surface area contributed by atoms with E-state index in [1.807, 2.05) is 38.1 Å². The molecule has 0 saturated heterocycles. The summed E-state index contributed by atoms with van der Waals surface area (Å²) in [6.07, 6.45) is 0.636. The number of rotatable bonds is 4. The predicted molar refractivity (Wildman–Crippen MR) is 84.5 cm³/mol. The van der Waals surface area contributed by atoms with Gasteiger partial charge in [0.2, 0.25) is 0 Å². The van der Waals surface area contributed by atoms with E-state index in [0.717, 1.165) is 21.4 Å². The molecule has 1 aromatic heterocycles. The quantitative estimate of drug-likeness (QED) is 0.916. The standard InChI is InChI=1S/C16H17BrN2O2/c1-9(16(20)21)15-10(2)18-14(19-11(15)3)8-12-4-6-13(17)7-5-12/h4-7,9H,8H2,1-3H3,(H,20,21). The SMILES string of the molecule is Cc1nc(Cc2ccc(Br)cc2)nc(C)c1C(C)C(=O)O. The van der Waals surface area contributed by atoms with Gasteiger partial charge in [-0.2, -0.15) is 0 Å². The van der Waals surface area contributed by atoms with Crippen molar-refractivity contribution in [3.63, 3.8) is 0 Å². The number of halogens is 1. The predicted octanol–water partition coefficient (Wildman–Crippen LogP) is 3.63. The number of aryl methyl sites for hydroxylation is 2. The molecular formula is C16H17BrN2O2. The Kier molecular flexibility index (Phi) is 4.73. The summed E-state index contributed by atoms with van der Waals surface area (Å²) in [5, 5.41) is 9.15. The fourth-order valence-corrected chi connectivity index (χ4v) is 2.67. The fourth-order valence-electron chi connectivity index (χ4n) is 2.41. The number of hydrogen-bond acceptors (Lipinski definition) is 3. The van der Waals surface area contributed by atoms with Gasteiger partial charge in [0.1, 0.15) is 5.82 Å². The zero-order valence-corrected chi connectivity index (χ0v) is 13.8. The smallest absolute Gasteiger partial charge is 0.310 e. The first-order valence-corrected chi connectivity index (χ1v) is 7.49. The van der Waals surface area contributed by atoms with Crippen LogP contribution in [0.15, 0.2) is 28.7 Å². The molecule has 0 fully saturated rings. The molecule has 1 atom stereocenters. The van der Waals surface area contributed by atoms with Crippen LogP contribution in [0.2, 0.25) is 0 Å². The van der Waals surface area contributed by atoms with E-state index in [1.54, 1.807) is 6.92 Å². The lowest BCUT2D eigenvalue weighted by Crippen LogP contribution is -2.14. The summed E-state index contributed by atoms with van der Waals surface area (Å²) in [7, 11) is 0. The molecule has 0 aliphatic carbocycles. The van der Waals surface area contributed by atoms with Crippen molar-refractivity contribution in [2.45, 2.75) is 33.1 Å². The molecule has 0 spiro atoms. The lowest BCUT2D eigenvalue weighted by Gasteiger charge is -2.14. The number of carboxylic acid groups (broad SMARTS) is 1. The minimum Gasteiger partial charge on any atom is -0.481 e. The van der Waals surface area contributed by atoms with Crippen LogP contribution in [0.4, 0.5) is 0 Å². The van der Waals surface area contributed by atoms with Gasteiger partial charge in [-0.3, -0.25) is 4.79 Å². The maximum Gasteiger partial charge on any atom is 0.310 e. The molecule has 5 heteroatoms. The summed E-state index contributed by atoms with van der Waals surface area (Å²) in [4.78, 5) is 20.1. The Morgan fingerprint density at radius 2 is 1.71 bits per heavy atom. The summed E-state index contributed by atoms with van der Waals surface area (Å²) in [5.74, 6) is -0.731. The highest BCUT2D eigenvalue weighted by Gasteiger charge is 2.20. The molecular weight excluding hydrogens is 332 g/mol. The highest BCUT2D eigenvalue weighted by Crippen LogP contribution is 2.22. The van der Waals surface area contributed by atoms with E-state index in [2.05, 4.69) is 25.9 Å². The number of carbonyl (C=O) groups is 1. The van der Waals surface area contributed by atoms with Crippen LogP contribution in [-0.2, 0) is 11.2 Å². The van der Waals surface area contributed by atoms with Crippen molar-refractivity contribution < 1.29 is 9.90 Å². The number of aromatic nitrogens is 2. The average Bonchev–Trinajstić information content (AvgIpc) is 2.40. The second-order valence-corrected chi connectivity index (χ2v) is 6.00. The van der Waals surface area contributed by atoms with E-state index in [4.69, 9.17) is 5.11 Å². The number of carboxylic acids is 1. The summed E-state index contributed by atoms with van der Waals surface area (Å²) in [5.41, 5.74) is 3.31. The monoisotopic (exact) mass is 348 g/mol. The third kappa shape index (κ3) is 3.67. The molecule has 2 rings (SSSR count). The Morgan fingerprint density at radius 3 is 2.19 bits per heavy atom. The number of hydrogen-bond donors (Lipinski definition) is 1. The second-order valence-electron chi connectivity index (χ2n) is 5.09. The molecule has 0 aliphatic rings. The van der Waals surface area contributed by atoms with E-state index < -0.39 is 11.9 Å². The maximum absolute atomic E-state index is 11.2. The lowest BCUT2D eigenvalue weighted by molar-refractivity contribution is -0.138. The lowest BCUT2D eigenvalue weighted by atomic mass is 9.98. The van der Waals surface area contributed by atoms with E-state index in [1.165, 1.54) is 0 Å². The molecule has 0 aliphatic heterocycles.